The van der Waals surface area contributed by atoms with E-state index in [2.05, 4.69) is 22.0 Å². The number of amides is 2. The fourth-order valence-electron chi connectivity index (χ4n) is 3.01. The van der Waals surface area contributed by atoms with Crippen LogP contribution in [0.15, 0.2) is 45.8 Å². The van der Waals surface area contributed by atoms with Gasteiger partial charge in [0.2, 0.25) is 0 Å². The summed E-state index contributed by atoms with van der Waals surface area (Å²) in [6.45, 7) is 4.84. The van der Waals surface area contributed by atoms with Gasteiger partial charge in [-0.1, -0.05) is 41.1 Å². The molecule has 0 atom stereocenters. The Bertz CT molecular complexity index is 1080. The normalized spacial score (nSPS) is 14.8. The predicted octanol–water partition coefficient (Wildman–Crippen LogP) is 5.74. The van der Waals surface area contributed by atoms with Gasteiger partial charge in [0.25, 0.3) is 11.1 Å². The van der Waals surface area contributed by atoms with Crippen LogP contribution in [0, 0.1) is 11.3 Å². The number of hydrogen-bond acceptors (Lipinski definition) is 6. The number of benzene rings is 2. The van der Waals surface area contributed by atoms with Gasteiger partial charge in [-0.15, -0.1) is 0 Å². The molecule has 2 amide bonds. The first-order valence-corrected chi connectivity index (χ1v) is 11.4. The molecule has 0 unspecified atom stereocenters. The van der Waals surface area contributed by atoms with Crippen LogP contribution in [-0.2, 0) is 11.4 Å². The summed E-state index contributed by atoms with van der Waals surface area (Å²) in [7, 11) is 0. The van der Waals surface area contributed by atoms with Crippen molar-refractivity contribution in [1.29, 1.82) is 5.26 Å². The van der Waals surface area contributed by atoms with Gasteiger partial charge in [0.1, 0.15) is 6.61 Å². The van der Waals surface area contributed by atoms with E-state index in [1.54, 1.807) is 30.3 Å². The fraction of sp³-hybridized carbons (Fsp3) is 0.261. The minimum Gasteiger partial charge on any atom is -0.490 e. The summed E-state index contributed by atoms with van der Waals surface area (Å²) in [5, 5.41) is 9.01. The zero-order valence-corrected chi connectivity index (χ0v) is 19.6. The monoisotopic (exact) mass is 500 g/mol. The molecule has 8 heteroatoms. The van der Waals surface area contributed by atoms with Gasteiger partial charge in [-0.2, -0.15) is 5.26 Å². The maximum absolute atomic E-state index is 12.5. The summed E-state index contributed by atoms with van der Waals surface area (Å²) in [5.74, 6) is 0.743. The number of nitrogens with zero attached hydrogens (tertiary/aromatic N) is 2. The average molecular weight is 501 g/mol. The quantitative estimate of drug-likeness (QED) is 0.429. The van der Waals surface area contributed by atoms with E-state index in [9.17, 15) is 14.9 Å². The summed E-state index contributed by atoms with van der Waals surface area (Å²) in [4.78, 5) is 26.3. The zero-order chi connectivity index (χ0) is 22.4. The number of imide groups is 1. The first-order valence-electron chi connectivity index (χ1n) is 9.81. The third-order valence-electron chi connectivity index (χ3n) is 4.49. The van der Waals surface area contributed by atoms with Crippen molar-refractivity contribution in [2.45, 2.75) is 26.9 Å². The van der Waals surface area contributed by atoms with Gasteiger partial charge >= 0.3 is 0 Å². The van der Waals surface area contributed by atoms with Crippen molar-refractivity contribution in [3.05, 3.63) is 62.5 Å². The second kappa shape index (κ2) is 10.5. The van der Waals surface area contributed by atoms with Crippen LogP contribution in [0.1, 0.15) is 37.0 Å². The number of carbonyl (C=O) groups is 2. The molecule has 2 aromatic carbocycles. The Kier molecular flexibility index (Phi) is 7.77. The van der Waals surface area contributed by atoms with Crippen LogP contribution in [0.2, 0.25) is 0 Å². The Morgan fingerprint density at radius 1 is 1.16 bits per heavy atom. The Hall–Kier alpha value is -2.76. The molecule has 6 nitrogen and oxygen atoms in total. The van der Waals surface area contributed by atoms with Crippen LogP contribution in [0.25, 0.3) is 6.08 Å². The summed E-state index contributed by atoms with van der Waals surface area (Å²) >= 11 is 4.46. The lowest BCUT2D eigenvalue weighted by atomic mass is 10.1. The number of halogens is 1. The number of ether oxygens (including phenoxy) is 2. The zero-order valence-electron chi connectivity index (χ0n) is 17.2. The standard InChI is InChI=1S/C23H21BrN2O4S/c1-3-9-26-22(27)21(31-23(26)28)11-17-10-19(29-4-2)20(12-18(17)24)30-14-16-8-6-5-7-15(16)13-25/h5-8,10-12H,3-4,9,14H2,1-2H3/b21-11+. The summed E-state index contributed by atoms with van der Waals surface area (Å²) < 4.78 is 12.4. The van der Waals surface area contributed by atoms with Crippen molar-refractivity contribution in [1.82, 2.24) is 4.90 Å². The third kappa shape index (κ3) is 5.30. The number of hydrogen-bond donors (Lipinski definition) is 0. The molecule has 31 heavy (non-hydrogen) atoms. The van der Waals surface area contributed by atoms with Crippen LogP contribution in [0.5, 0.6) is 11.5 Å². The number of rotatable bonds is 8. The first kappa shape index (κ1) is 22.9. The molecule has 1 heterocycles. The third-order valence-corrected chi connectivity index (χ3v) is 6.09. The largest absolute Gasteiger partial charge is 0.490 e. The highest BCUT2D eigenvalue weighted by Crippen LogP contribution is 2.38. The highest BCUT2D eigenvalue weighted by molar-refractivity contribution is 9.10. The second-order valence-electron chi connectivity index (χ2n) is 6.64. The van der Waals surface area contributed by atoms with Crippen molar-refractivity contribution in [3.8, 4) is 17.6 Å². The van der Waals surface area contributed by atoms with Gasteiger partial charge < -0.3 is 9.47 Å². The topological polar surface area (TPSA) is 79.6 Å². The Balaban J connectivity index is 1.88. The first-order chi connectivity index (χ1) is 15.0. The van der Waals surface area contributed by atoms with Crippen LogP contribution in [0.4, 0.5) is 4.79 Å². The molecule has 0 spiro atoms. The molecular formula is C23H21BrN2O4S. The Morgan fingerprint density at radius 3 is 2.61 bits per heavy atom. The number of thioether (sulfide) groups is 1. The maximum Gasteiger partial charge on any atom is 0.293 e. The molecule has 0 N–H and O–H groups in total. The average Bonchev–Trinajstić information content (AvgIpc) is 3.03. The molecule has 1 aliphatic rings. The highest BCUT2D eigenvalue weighted by atomic mass is 79.9. The van der Waals surface area contributed by atoms with Crippen molar-refractivity contribution in [3.63, 3.8) is 0 Å². The van der Waals surface area contributed by atoms with Crippen LogP contribution >= 0.6 is 27.7 Å². The fourth-order valence-corrected chi connectivity index (χ4v) is 4.30. The van der Waals surface area contributed by atoms with E-state index >= 15 is 0 Å². The molecule has 2 aromatic rings. The molecular weight excluding hydrogens is 480 g/mol. The van der Waals surface area contributed by atoms with Crippen molar-refractivity contribution in [2.75, 3.05) is 13.2 Å². The lowest BCUT2D eigenvalue weighted by molar-refractivity contribution is -0.122. The van der Waals surface area contributed by atoms with Crippen molar-refractivity contribution < 1.29 is 19.1 Å². The minimum absolute atomic E-state index is 0.214. The summed E-state index contributed by atoms with van der Waals surface area (Å²) in [6.07, 6.45) is 2.40. The van der Waals surface area contributed by atoms with Crippen molar-refractivity contribution in [2.24, 2.45) is 0 Å². The molecule has 0 saturated carbocycles. The SMILES string of the molecule is CCCN1C(=O)S/C(=C/c2cc(OCC)c(OCc3ccccc3C#N)cc2Br)C1=O. The molecule has 0 radical (unpaired) electrons. The van der Waals surface area contributed by atoms with E-state index < -0.39 is 0 Å². The molecule has 1 fully saturated rings. The maximum atomic E-state index is 12.5. The summed E-state index contributed by atoms with van der Waals surface area (Å²) in [5.41, 5.74) is 2.03. The van der Waals surface area contributed by atoms with E-state index in [0.29, 0.717) is 51.6 Å². The molecule has 0 bridgehead atoms. The van der Waals surface area contributed by atoms with Gasteiger partial charge in [0, 0.05) is 16.6 Å². The Labute approximate surface area is 194 Å². The van der Waals surface area contributed by atoms with Crippen LogP contribution < -0.4 is 9.47 Å². The lowest BCUT2D eigenvalue weighted by Crippen LogP contribution is -2.28. The second-order valence-corrected chi connectivity index (χ2v) is 8.49. The van der Waals surface area contributed by atoms with Gasteiger partial charge in [-0.3, -0.25) is 14.5 Å². The van der Waals surface area contributed by atoms with E-state index in [0.717, 1.165) is 17.3 Å². The van der Waals surface area contributed by atoms with E-state index in [1.807, 2.05) is 26.0 Å². The van der Waals surface area contributed by atoms with Crippen molar-refractivity contribution >= 4 is 44.9 Å². The molecule has 0 aromatic heterocycles. The Morgan fingerprint density at radius 2 is 1.90 bits per heavy atom. The van der Waals surface area contributed by atoms with E-state index in [1.165, 1.54) is 4.90 Å². The number of carbonyl (C=O) groups excluding carboxylic acids is 2. The lowest BCUT2D eigenvalue weighted by Gasteiger charge is -2.15. The van der Waals surface area contributed by atoms with Crippen LogP contribution in [0.3, 0.4) is 0 Å². The van der Waals surface area contributed by atoms with E-state index in [4.69, 9.17) is 9.47 Å². The van der Waals surface area contributed by atoms with Crippen LogP contribution in [-0.4, -0.2) is 29.2 Å². The molecule has 0 aliphatic carbocycles. The molecule has 1 aliphatic heterocycles. The smallest absolute Gasteiger partial charge is 0.293 e. The molecule has 1 saturated heterocycles. The van der Waals surface area contributed by atoms with E-state index in [-0.39, 0.29) is 17.8 Å². The van der Waals surface area contributed by atoms with Gasteiger partial charge in [0.15, 0.2) is 11.5 Å². The number of nitriles is 1. The molecule has 3 rings (SSSR count). The van der Waals surface area contributed by atoms with Gasteiger partial charge in [0.05, 0.1) is 23.1 Å². The highest BCUT2D eigenvalue weighted by Gasteiger charge is 2.34. The molecule has 160 valence electrons. The predicted molar refractivity (Wildman–Crippen MR) is 124 cm³/mol. The summed E-state index contributed by atoms with van der Waals surface area (Å²) in [6, 6.07) is 12.9. The van der Waals surface area contributed by atoms with Gasteiger partial charge in [-0.05, 0) is 54.9 Å². The van der Waals surface area contributed by atoms with Gasteiger partial charge in [-0.25, -0.2) is 0 Å². The minimum atomic E-state index is -0.282.